The molecule has 0 aliphatic carbocycles. The van der Waals surface area contributed by atoms with Crippen molar-refractivity contribution in [2.45, 2.75) is 38.2 Å². The summed E-state index contributed by atoms with van der Waals surface area (Å²) in [5.74, 6) is -0.152. The maximum absolute atomic E-state index is 13.0. The lowest BCUT2D eigenvalue weighted by molar-refractivity contribution is -0.150. The molecule has 5 rings (SSSR count). The molecule has 5 heterocycles. The van der Waals surface area contributed by atoms with Crippen LogP contribution in [0.1, 0.15) is 42.6 Å². The van der Waals surface area contributed by atoms with E-state index in [9.17, 15) is 9.59 Å². The summed E-state index contributed by atoms with van der Waals surface area (Å²) in [6.07, 6.45) is 7.80. The third-order valence-electron chi connectivity index (χ3n) is 6.49. The SMILES string of the molecule is O=C(c1cnc2cccnn12)N1CCC2(CC1)CC(CN1CCCC1)OC2=O. The highest BCUT2D eigenvalue weighted by Crippen LogP contribution is 2.43. The zero-order valence-corrected chi connectivity index (χ0v) is 15.9. The minimum atomic E-state index is -0.418. The van der Waals surface area contributed by atoms with Gasteiger partial charge in [-0.05, 0) is 50.9 Å². The van der Waals surface area contributed by atoms with Gasteiger partial charge in [0, 0.05) is 32.3 Å². The molecular formula is C20H25N5O3. The third kappa shape index (κ3) is 2.96. The predicted octanol–water partition coefficient (Wildman–Crippen LogP) is 1.36. The lowest BCUT2D eigenvalue weighted by Crippen LogP contribution is -2.45. The van der Waals surface area contributed by atoms with Crippen LogP contribution in [0.3, 0.4) is 0 Å². The Morgan fingerprint density at radius 1 is 1.21 bits per heavy atom. The van der Waals surface area contributed by atoms with Crippen molar-refractivity contribution in [3.8, 4) is 0 Å². The van der Waals surface area contributed by atoms with E-state index in [1.807, 2.05) is 11.0 Å². The molecule has 8 nitrogen and oxygen atoms in total. The van der Waals surface area contributed by atoms with Crippen molar-refractivity contribution < 1.29 is 14.3 Å². The Kier molecular flexibility index (Phi) is 4.30. The molecule has 0 saturated carbocycles. The fraction of sp³-hybridized carbons (Fsp3) is 0.600. The van der Waals surface area contributed by atoms with Gasteiger partial charge in [-0.2, -0.15) is 5.10 Å². The number of imidazole rings is 1. The summed E-state index contributed by atoms with van der Waals surface area (Å²) >= 11 is 0. The highest BCUT2D eigenvalue weighted by atomic mass is 16.6. The van der Waals surface area contributed by atoms with E-state index in [0.717, 1.165) is 26.1 Å². The summed E-state index contributed by atoms with van der Waals surface area (Å²) in [7, 11) is 0. The van der Waals surface area contributed by atoms with E-state index in [4.69, 9.17) is 4.74 Å². The van der Waals surface area contributed by atoms with Gasteiger partial charge in [0.2, 0.25) is 0 Å². The fourth-order valence-electron chi connectivity index (χ4n) is 4.88. The number of carbonyl (C=O) groups is 2. The summed E-state index contributed by atoms with van der Waals surface area (Å²) < 4.78 is 7.31. The van der Waals surface area contributed by atoms with Crippen molar-refractivity contribution in [1.82, 2.24) is 24.4 Å². The molecule has 3 saturated heterocycles. The number of hydrogen-bond donors (Lipinski definition) is 0. The summed E-state index contributed by atoms with van der Waals surface area (Å²) in [4.78, 5) is 34.1. The molecule has 0 N–H and O–H groups in total. The molecule has 3 fully saturated rings. The summed E-state index contributed by atoms with van der Waals surface area (Å²) in [6.45, 7) is 4.19. The van der Waals surface area contributed by atoms with Crippen molar-refractivity contribution in [1.29, 1.82) is 0 Å². The van der Waals surface area contributed by atoms with E-state index in [1.54, 1.807) is 23.0 Å². The van der Waals surface area contributed by atoms with Gasteiger partial charge in [0.15, 0.2) is 11.3 Å². The van der Waals surface area contributed by atoms with E-state index < -0.39 is 5.41 Å². The van der Waals surface area contributed by atoms with Crippen molar-refractivity contribution in [2.75, 3.05) is 32.7 Å². The van der Waals surface area contributed by atoms with Crippen LogP contribution >= 0.6 is 0 Å². The van der Waals surface area contributed by atoms with E-state index in [-0.39, 0.29) is 18.0 Å². The number of amides is 1. The van der Waals surface area contributed by atoms with Gasteiger partial charge in [-0.3, -0.25) is 14.5 Å². The second-order valence-electron chi connectivity index (χ2n) is 8.25. The fourth-order valence-corrected chi connectivity index (χ4v) is 4.88. The zero-order chi connectivity index (χ0) is 19.1. The predicted molar refractivity (Wildman–Crippen MR) is 101 cm³/mol. The van der Waals surface area contributed by atoms with Crippen LogP contribution < -0.4 is 0 Å². The first kappa shape index (κ1) is 17.6. The number of rotatable bonds is 3. The number of piperidine rings is 1. The minimum absolute atomic E-state index is 0.00387. The zero-order valence-electron chi connectivity index (χ0n) is 15.9. The summed E-state index contributed by atoms with van der Waals surface area (Å²) in [5, 5.41) is 4.23. The standard InChI is InChI=1S/C20H25N5O3/c26-18(16-13-21-17-4-3-7-22-25(16)17)24-10-5-20(6-11-24)12-15(28-19(20)27)14-23-8-1-2-9-23/h3-4,7,13,15H,1-2,5-6,8-12,14H2. The number of esters is 1. The lowest BCUT2D eigenvalue weighted by atomic mass is 9.76. The number of hydrogen-bond acceptors (Lipinski definition) is 6. The van der Waals surface area contributed by atoms with Crippen LogP contribution in [0.5, 0.6) is 0 Å². The molecule has 28 heavy (non-hydrogen) atoms. The topological polar surface area (TPSA) is 80.0 Å². The number of fused-ring (bicyclic) bond motifs is 1. The van der Waals surface area contributed by atoms with E-state index in [1.165, 1.54) is 12.8 Å². The molecule has 1 amide bonds. The van der Waals surface area contributed by atoms with E-state index in [0.29, 0.717) is 37.3 Å². The Morgan fingerprint density at radius 3 is 2.79 bits per heavy atom. The molecule has 8 heteroatoms. The minimum Gasteiger partial charge on any atom is -0.461 e. The first-order chi connectivity index (χ1) is 13.6. The van der Waals surface area contributed by atoms with Gasteiger partial charge in [0.1, 0.15) is 6.10 Å². The maximum Gasteiger partial charge on any atom is 0.312 e. The molecule has 2 aromatic rings. The molecule has 0 aromatic carbocycles. The van der Waals surface area contributed by atoms with Crippen LogP contribution in [0.15, 0.2) is 24.5 Å². The van der Waals surface area contributed by atoms with Gasteiger partial charge in [0.05, 0.1) is 11.6 Å². The van der Waals surface area contributed by atoms with Crippen molar-refractivity contribution in [3.63, 3.8) is 0 Å². The Hall–Kier alpha value is -2.48. The molecule has 3 aliphatic heterocycles. The van der Waals surface area contributed by atoms with E-state index in [2.05, 4.69) is 15.0 Å². The lowest BCUT2D eigenvalue weighted by Gasteiger charge is -2.36. The highest BCUT2D eigenvalue weighted by molar-refractivity contribution is 5.93. The van der Waals surface area contributed by atoms with Crippen LogP contribution in [-0.4, -0.2) is 75.1 Å². The molecule has 0 bridgehead atoms. The van der Waals surface area contributed by atoms with Crippen molar-refractivity contribution >= 4 is 17.5 Å². The van der Waals surface area contributed by atoms with Crippen molar-refractivity contribution in [2.24, 2.45) is 5.41 Å². The molecule has 1 spiro atoms. The van der Waals surface area contributed by atoms with Crippen LogP contribution in [0.2, 0.25) is 0 Å². The average molecular weight is 383 g/mol. The largest absolute Gasteiger partial charge is 0.461 e. The first-order valence-corrected chi connectivity index (χ1v) is 10.2. The Bertz CT molecular complexity index is 896. The second-order valence-corrected chi connectivity index (χ2v) is 8.25. The Balaban J connectivity index is 1.24. The monoisotopic (exact) mass is 383 g/mol. The van der Waals surface area contributed by atoms with Crippen LogP contribution in [0, 0.1) is 5.41 Å². The first-order valence-electron chi connectivity index (χ1n) is 10.2. The number of cyclic esters (lactones) is 1. The molecule has 0 radical (unpaired) electrons. The van der Waals surface area contributed by atoms with Crippen LogP contribution in [0.25, 0.3) is 5.65 Å². The third-order valence-corrected chi connectivity index (χ3v) is 6.49. The summed E-state index contributed by atoms with van der Waals surface area (Å²) in [6, 6.07) is 3.62. The number of ether oxygens (including phenoxy) is 1. The highest BCUT2D eigenvalue weighted by Gasteiger charge is 2.51. The van der Waals surface area contributed by atoms with Crippen LogP contribution in [0.4, 0.5) is 0 Å². The Labute approximate surface area is 163 Å². The summed E-state index contributed by atoms with van der Waals surface area (Å²) in [5.41, 5.74) is 0.703. The maximum atomic E-state index is 13.0. The second kappa shape index (κ2) is 6.84. The molecule has 1 atom stereocenters. The van der Waals surface area contributed by atoms with Gasteiger partial charge in [-0.25, -0.2) is 9.50 Å². The van der Waals surface area contributed by atoms with E-state index >= 15 is 0 Å². The molecule has 1 unspecified atom stereocenters. The molecular weight excluding hydrogens is 358 g/mol. The molecule has 2 aromatic heterocycles. The molecule has 148 valence electrons. The smallest absolute Gasteiger partial charge is 0.312 e. The van der Waals surface area contributed by atoms with Gasteiger partial charge >= 0.3 is 5.97 Å². The van der Waals surface area contributed by atoms with Gasteiger partial charge in [-0.15, -0.1) is 0 Å². The number of nitrogens with zero attached hydrogens (tertiary/aromatic N) is 5. The quantitative estimate of drug-likeness (QED) is 0.745. The van der Waals surface area contributed by atoms with Gasteiger partial charge in [0.25, 0.3) is 5.91 Å². The molecule has 3 aliphatic rings. The van der Waals surface area contributed by atoms with Crippen LogP contribution in [-0.2, 0) is 9.53 Å². The number of carbonyl (C=O) groups excluding carboxylic acids is 2. The average Bonchev–Trinajstić information content (AvgIpc) is 3.43. The van der Waals surface area contributed by atoms with Crippen molar-refractivity contribution in [3.05, 3.63) is 30.2 Å². The van der Waals surface area contributed by atoms with Gasteiger partial charge < -0.3 is 9.64 Å². The van der Waals surface area contributed by atoms with Gasteiger partial charge in [-0.1, -0.05) is 0 Å². The normalized spacial score (nSPS) is 24.9. The number of aromatic nitrogens is 3. The Morgan fingerprint density at radius 2 is 2.00 bits per heavy atom. The number of likely N-dealkylation sites (tertiary alicyclic amines) is 2.